The Morgan fingerprint density at radius 1 is 1.32 bits per heavy atom. The zero-order valence-electron chi connectivity index (χ0n) is 12.8. The molecule has 0 fully saturated rings. The summed E-state index contributed by atoms with van der Waals surface area (Å²) in [6, 6.07) is 9.24. The van der Waals surface area contributed by atoms with Crippen LogP contribution in [-0.4, -0.2) is 26.3 Å². The Morgan fingerprint density at radius 2 is 2.12 bits per heavy atom. The Hall–Kier alpha value is -1.84. The number of nitrogens with one attached hydrogen (secondary N) is 1. The van der Waals surface area contributed by atoms with Gasteiger partial charge < -0.3 is 9.52 Å². The molecule has 3 aromatic rings. The number of aliphatic carboxylic acids is 1. The van der Waals surface area contributed by atoms with Gasteiger partial charge in [-0.3, -0.25) is 5.10 Å². The predicted octanol–water partition coefficient (Wildman–Crippen LogP) is 5.12. The molecule has 2 heterocycles. The molecule has 9 heteroatoms. The van der Waals surface area contributed by atoms with Crippen molar-refractivity contribution >= 4 is 55.7 Å². The third-order valence-corrected chi connectivity index (χ3v) is 5.15. The number of rotatable bonds is 5. The lowest BCUT2D eigenvalue weighted by Gasteiger charge is -2.02. The number of benzene rings is 1. The van der Waals surface area contributed by atoms with Gasteiger partial charge in [0, 0.05) is 20.6 Å². The van der Waals surface area contributed by atoms with Gasteiger partial charge >= 0.3 is 5.97 Å². The van der Waals surface area contributed by atoms with Crippen molar-refractivity contribution in [1.82, 2.24) is 15.2 Å². The molecule has 0 bridgehead atoms. The monoisotopic (exact) mass is 483 g/mol. The highest BCUT2D eigenvalue weighted by molar-refractivity contribution is 9.11. The van der Waals surface area contributed by atoms with Gasteiger partial charge in [-0.05, 0) is 49.0 Å². The van der Waals surface area contributed by atoms with Crippen LogP contribution < -0.4 is 0 Å². The van der Waals surface area contributed by atoms with E-state index in [1.165, 1.54) is 6.08 Å². The first-order valence-corrected chi connectivity index (χ1v) is 9.40. The molecule has 0 unspecified atom stereocenters. The third kappa shape index (κ3) is 4.42. The summed E-state index contributed by atoms with van der Waals surface area (Å²) in [6.07, 6.45) is 1.45. The number of hydrogen-bond acceptors (Lipinski definition) is 5. The summed E-state index contributed by atoms with van der Waals surface area (Å²) in [6.45, 7) is 1.75. The van der Waals surface area contributed by atoms with Crippen molar-refractivity contribution in [3.63, 3.8) is 0 Å². The van der Waals surface area contributed by atoms with Gasteiger partial charge in [0.1, 0.15) is 22.3 Å². The van der Waals surface area contributed by atoms with Crippen LogP contribution in [0.3, 0.4) is 0 Å². The molecule has 128 valence electrons. The van der Waals surface area contributed by atoms with E-state index in [9.17, 15) is 9.90 Å². The number of hydrogen-bond donors (Lipinski definition) is 2. The van der Waals surface area contributed by atoms with Gasteiger partial charge in [-0.25, -0.2) is 9.78 Å². The van der Waals surface area contributed by atoms with Crippen LogP contribution in [0.2, 0.25) is 0 Å². The van der Waals surface area contributed by atoms with E-state index in [1.54, 1.807) is 19.1 Å². The minimum absolute atomic E-state index is 0.0632. The minimum Gasteiger partial charge on any atom is -0.477 e. The summed E-state index contributed by atoms with van der Waals surface area (Å²) < 4.78 is 7.57. The van der Waals surface area contributed by atoms with Crippen molar-refractivity contribution in [2.45, 2.75) is 12.1 Å². The van der Waals surface area contributed by atoms with Crippen molar-refractivity contribution in [3.8, 4) is 11.3 Å². The van der Waals surface area contributed by atoms with Crippen LogP contribution >= 0.6 is 43.6 Å². The maximum Gasteiger partial charge on any atom is 0.342 e. The molecular weight excluding hydrogens is 474 g/mol. The normalized spacial score (nSPS) is 11.7. The third-order valence-electron chi connectivity index (χ3n) is 3.08. The second kappa shape index (κ2) is 7.59. The fourth-order valence-electron chi connectivity index (χ4n) is 1.99. The van der Waals surface area contributed by atoms with Gasteiger partial charge in [0.15, 0.2) is 0 Å². The van der Waals surface area contributed by atoms with Crippen LogP contribution in [0.5, 0.6) is 0 Å². The summed E-state index contributed by atoms with van der Waals surface area (Å²) in [7, 11) is 0. The van der Waals surface area contributed by atoms with Gasteiger partial charge in [-0.2, -0.15) is 0 Å². The number of aromatic nitrogens is 3. The molecule has 25 heavy (non-hydrogen) atoms. The van der Waals surface area contributed by atoms with Gasteiger partial charge in [0.05, 0.1) is 0 Å². The van der Waals surface area contributed by atoms with Gasteiger partial charge in [-0.15, -0.1) is 5.10 Å². The highest BCUT2D eigenvalue weighted by Crippen LogP contribution is 2.33. The molecule has 0 saturated heterocycles. The van der Waals surface area contributed by atoms with E-state index in [0.29, 0.717) is 22.5 Å². The lowest BCUT2D eigenvalue weighted by atomic mass is 10.2. The highest BCUT2D eigenvalue weighted by atomic mass is 79.9. The molecule has 0 spiro atoms. The molecule has 0 radical (unpaired) electrons. The fraction of sp³-hybridized carbons (Fsp3) is 0.0625. The number of furan rings is 1. The predicted molar refractivity (Wildman–Crippen MR) is 102 cm³/mol. The first kappa shape index (κ1) is 18.0. The van der Waals surface area contributed by atoms with Crippen LogP contribution in [0.4, 0.5) is 0 Å². The lowest BCUT2D eigenvalue weighted by molar-refractivity contribution is -0.131. The maximum atomic E-state index is 11.5. The topological polar surface area (TPSA) is 92.0 Å². The zero-order valence-corrected chi connectivity index (χ0v) is 16.8. The van der Waals surface area contributed by atoms with E-state index < -0.39 is 5.97 Å². The summed E-state index contributed by atoms with van der Waals surface area (Å²) in [5.74, 6) is 0.600. The van der Waals surface area contributed by atoms with Gasteiger partial charge in [0.2, 0.25) is 5.16 Å². The van der Waals surface area contributed by atoms with Crippen LogP contribution in [-0.2, 0) is 4.79 Å². The van der Waals surface area contributed by atoms with Crippen LogP contribution in [0.1, 0.15) is 11.6 Å². The van der Waals surface area contributed by atoms with E-state index in [4.69, 9.17) is 4.42 Å². The zero-order chi connectivity index (χ0) is 18.0. The van der Waals surface area contributed by atoms with Gasteiger partial charge in [0.25, 0.3) is 0 Å². The number of nitrogens with zero attached hydrogens (tertiary/aromatic N) is 2. The SMILES string of the molecule is Cc1nc(S/C(=C/c2ccc(-c3cc(Br)ccc3Br)o2)C(=O)O)n[nH]1. The highest BCUT2D eigenvalue weighted by Gasteiger charge is 2.15. The number of carboxylic acids is 1. The van der Waals surface area contributed by atoms with Crippen molar-refractivity contribution in [1.29, 1.82) is 0 Å². The van der Waals surface area contributed by atoms with E-state index in [1.807, 2.05) is 18.2 Å². The summed E-state index contributed by atoms with van der Waals surface area (Å²) in [4.78, 5) is 15.6. The Bertz CT molecular complexity index is 965. The number of carbonyl (C=O) groups is 1. The average Bonchev–Trinajstić information content (AvgIpc) is 3.18. The standard InChI is InChI=1S/C16H11Br2N3O3S/c1-8-19-16(21-20-8)25-14(15(22)23)7-10-3-5-13(24-10)11-6-9(17)2-4-12(11)18/h2-7H,1H3,(H,22,23)(H,19,20,21)/b14-7+. The Labute approximate surface area is 164 Å². The Morgan fingerprint density at radius 3 is 2.80 bits per heavy atom. The second-order valence-corrected chi connectivity index (χ2v) is 7.72. The molecule has 0 saturated carbocycles. The molecule has 0 aliphatic carbocycles. The molecular formula is C16H11Br2N3O3S. The summed E-state index contributed by atoms with van der Waals surface area (Å²) >= 11 is 7.86. The van der Waals surface area contributed by atoms with E-state index >= 15 is 0 Å². The van der Waals surface area contributed by atoms with Crippen molar-refractivity contribution < 1.29 is 14.3 Å². The maximum absolute atomic E-state index is 11.5. The number of carboxylic acid groups (broad SMARTS) is 1. The van der Waals surface area contributed by atoms with Crippen molar-refractivity contribution in [2.24, 2.45) is 0 Å². The molecule has 3 rings (SSSR count). The molecule has 0 atom stereocenters. The number of halogens is 2. The Balaban J connectivity index is 1.90. The van der Waals surface area contributed by atoms with Crippen LogP contribution in [0.15, 0.2) is 53.8 Å². The molecule has 2 N–H and O–H groups in total. The number of thioether (sulfide) groups is 1. The quantitative estimate of drug-likeness (QED) is 0.386. The number of aryl methyl sites for hydroxylation is 1. The number of aromatic amines is 1. The molecule has 0 aliphatic heterocycles. The lowest BCUT2D eigenvalue weighted by Crippen LogP contribution is -1.97. The average molecular weight is 485 g/mol. The Kier molecular flexibility index (Phi) is 5.45. The first-order chi connectivity index (χ1) is 11.9. The molecule has 0 aliphatic rings. The van der Waals surface area contributed by atoms with E-state index in [2.05, 4.69) is 47.0 Å². The fourth-order valence-corrected chi connectivity index (χ4v) is 3.53. The van der Waals surface area contributed by atoms with Crippen LogP contribution in [0, 0.1) is 6.92 Å². The van der Waals surface area contributed by atoms with E-state index in [0.717, 1.165) is 26.3 Å². The molecule has 1 aromatic carbocycles. The summed E-state index contributed by atoms with van der Waals surface area (Å²) in [5.41, 5.74) is 0.864. The smallest absolute Gasteiger partial charge is 0.342 e. The summed E-state index contributed by atoms with van der Waals surface area (Å²) in [5, 5.41) is 16.4. The molecule has 0 amide bonds. The minimum atomic E-state index is -1.07. The van der Waals surface area contributed by atoms with Crippen molar-refractivity contribution in [2.75, 3.05) is 0 Å². The van der Waals surface area contributed by atoms with Crippen LogP contribution in [0.25, 0.3) is 17.4 Å². The first-order valence-electron chi connectivity index (χ1n) is 6.99. The number of H-pyrrole nitrogens is 1. The molecule has 2 aromatic heterocycles. The second-order valence-electron chi connectivity index (χ2n) is 4.95. The molecule has 6 nitrogen and oxygen atoms in total. The largest absolute Gasteiger partial charge is 0.477 e. The van der Waals surface area contributed by atoms with Gasteiger partial charge in [-0.1, -0.05) is 31.9 Å². The van der Waals surface area contributed by atoms with E-state index in [-0.39, 0.29) is 4.91 Å². The van der Waals surface area contributed by atoms with Crippen molar-refractivity contribution in [3.05, 3.63) is 55.8 Å².